The first-order chi connectivity index (χ1) is 12.1. The lowest BCUT2D eigenvalue weighted by Gasteiger charge is -2.11. The Morgan fingerprint density at radius 3 is 3.08 bits per heavy atom. The molecule has 2 N–H and O–H groups in total. The normalized spacial score (nSPS) is 16.9. The minimum Gasteiger partial charge on any atom is -0.378 e. The fraction of sp³-hybridized carbons (Fsp3) is 0.389. The van der Waals surface area contributed by atoms with Gasteiger partial charge >= 0.3 is 0 Å². The molecule has 2 heterocycles. The summed E-state index contributed by atoms with van der Waals surface area (Å²) in [6, 6.07) is 4.96. The molecule has 25 heavy (non-hydrogen) atoms. The number of fused-ring (bicyclic) bond motifs is 1. The highest BCUT2D eigenvalue weighted by Crippen LogP contribution is 2.15. The van der Waals surface area contributed by atoms with Crippen LogP contribution >= 0.6 is 12.2 Å². The number of nitrogens with one attached hydrogen (secondary N) is 2. The molecule has 0 aliphatic carbocycles. The van der Waals surface area contributed by atoms with Gasteiger partial charge in [0.25, 0.3) is 11.5 Å². The first kappa shape index (κ1) is 17.6. The monoisotopic (exact) mass is 359 g/mol. The number of rotatable bonds is 6. The fourth-order valence-electron chi connectivity index (χ4n) is 3.01. The number of allylic oxidation sites excluding steroid dienone is 1. The second-order valence-electron chi connectivity index (χ2n) is 6.07. The van der Waals surface area contributed by atoms with Gasteiger partial charge in [0.15, 0.2) is 4.77 Å². The highest BCUT2D eigenvalue weighted by Gasteiger charge is 2.16. The third-order valence-electron chi connectivity index (χ3n) is 4.33. The number of hydrogen-bond donors (Lipinski definition) is 2. The highest BCUT2D eigenvalue weighted by atomic mass is 32.1. The topological polar surface area (TPSA) is 76.1 Å². The highest BCUT2D eigenvalue weighted by molar-refractivity contribution is 7.71. The van der Waals surface area contributed by atoms with Crippen molar-refractivity contribution in [2.75, 3.05) is 13.2 Å². The average molecular weight is 359 g/mol. The molecule has 0 saturated carbocycles. The molecule has 1 fully saturated rings. The van der Waals surface area contributed by atoms with Crippen LogP contribution in [0.25, 0.3) is 10.9 Å². The maximum Gasteiger partial charge on any atom is 0.262 e. The van der Waals surface area contributed by atoms with Crippen LogP contribution in [0.1, 0.15) is 29.6 Å². The molecule has 7 heteroatoms. The summed E-state index contributed by atoms with van der Waals surface area (Å²) in [5, 5.41) is 3.39. The molecule has 1 aromatic heterocycles. The van der Waals surface area contributed by atoms with Gasteiger partial charge in [-0.3, -0.25) is 14.2 Å². The number of nitrogens with zero attached hydrogens (tertiary/aromatic N) is 1. The van der Waals surface area contributed by atoms with Crippen LogP contribution in [0.5, 0.6) is 0 Å². The molecular formula is C18H21N3O3S. The number of hydrogen-bond acceptors (Lipinski definition) is 4. The van der Waals surface area contributed by atoms with Crippen molar-refractivity contribution >= 4 is 29.0 Å². The Balaban J connectivity index is 1.77. The predicted octanol–water partition coefficient (Wildman–Crippen LogP) is 2.54. The largest absolute Gasteiger partial charge is 0.378 e. The van der Waals surface area contributed by atoms with Crippen LogP contribution in [0, 0.1) is 4.77 Å². The van der Waals surface area contributed by atoms with Crippen molar-refractivity contribution in [2.24, 2.45) is 0 Å². The second kappa shape index (κ2) is 7.76. The van der Waals surface area contributed by atoms with E-state index in [2.05, 4.69) is 16.9 Å². The van der Waals surface area contributed by atoms with Gasteiger partial charge in [0.05, 0.1) is 17.0 Å². The van der Waals surface area contributed by atoms with Crippen molar-refractivity contribution in [3.63, 3.8) is 0 Å². The Hall–Kier alpha value is -2.25. The van der Waals surface area contributed by atoms with Crippen LogP contribution in [0.2, 0.25) is 0 Å². The second-order valence-corrected chi connectivity index (χ2v) is 6.46. The van der Waals surface area contributed by atoms with E-state index in [0.29, 0.717) is 34.3 Å². The lowest BCUT2D eigenvalue weighted by molar-refractivity contribution is 0.0907. The zero-order valence-corrected chi connectivity index (χ0v) is 14.7. The maximum atomic E-state index is 12.5. The van der Waals surface area contributed by atoms with Gasteiger partial charge in [0.2, 0.25) is 0 Å². The third kappa shape index (κ3) is 3.88. The van der Waals surface area contributed by atoms with Gasteiger partial charge in [-0.1, -0.05) is 6.08 Å². The SMILES string of the molecule is C=CCn1c(=S)[nH]c2cc(C(=O)NCCC3CCCO3)ccc2c1=O. The van der Waals surface area contributed by atoms with Crippen molar-refractivity contribution < 1.29 is 9.53 Å². The number of aromatic amines is 1. The molecule has 1 unspecified atom stereocenters. The molecule has 1 aliphatic heterocycles. The Labute approximate surface area is 150 Å². The van der Waals surface area contributed by atoms with E-state index in [1.165, 1.54) is 4.57 Å². The van der Waals surface area contributed by atoms with E-state index in [1.807, 2.05) is 0 Å². The van der Waals surface area contributed by atoms with Crippen molar-refractivity contribution in [3.8, 4) is 0 Å². The molecule has 1 atom stereocenters. The summed E-state index contributed by atoms with van der Waals surface area (Å²) in [5.41, 5.74) is 0.859. The van der Waals surface area contributed by atoms with Crippen LogP contribution in [0.4, 0.5) is 0 Å². The molecule has 0 bridgehead atoms. The zero-order chi connectivity index (χ0) is 17.8. The molecule has 3 rings (SSSR count). The first-order valence-electron chi connectivity index (χ1n) is 8.37. The minimum absolute atomic E-state index is 0.172. The van der Waals surface area contributed by atoms with Crippen molar-refractivity contribution in [2.45, 2.75) is 31.9 Å². The van der Waals surface area contributed by atoms with Gasteiger partial charge in [0, 0.05) is 25.3 Å². The van der Waals surface area contributed by atoms with E-state index >= 15 is 0 Å². The minimum atomic E-state index is -0.191. The van der Waals surface area contributed by atoms with Gasteiger partial charge in [-0.05, 0) is 49.7 Å². The van der Waals surface area contributed by atoms with Crippen LogP contribution in [0.15, 0.2) is 35.6 Å². The molecule has 1 amide bonds. The first-order valence-corrected chi connectivity index (χ1v) is 8.78. The lowest BCUT2D eigenvalue weighted by Crippen LogP contribution is -2.27. The van der Waals surface area contributed by atoms with Crippen LogP contribution in [-0.4, -0.2) is 34.7 Å². The van der Waals surface area contributed by atoms with Gasteiger partial charge in [-0.2, -0.15) is 0 Å². The summed E-state index contributed by atoms with van der Waals surface area (Å²) < 4.78 is 7.29. The van der Waals surface area contributed by atoms with Gasteiger partial charge in [0.1, 0.15) is 0 Å². The van der Waals surface area contributed by atoms with E-state index in [-0.39, 0.29) is 17.6 Å². The fourth-order valence-corrected chi connectivity index (χ4v) is 3.28. The summed E-state index contributed by atoms with van der Waals surface area (Å²) in [6.07, 6.45) is 4.82. The maximum absolute atomic E-state index is 12.5. The summed E-state index contributed by atoms with van der Waals surface area (Å²) in [4.78, 5) is 27.8. The number of carbonyl (C=O) groups is 1. The standard InChI is InChI=1S/C18H21N3O3S/c1-2-9-21-17(23)14-6-5-12(11-15(14)20-18(21)25)16(22)19-8-7-13-4-3-10-24-13/h2,5-6,11,13H,1,3-4,7-10H2,(H,19,22)(H,20,25). The van der Waals surface area contributed by atoms with Crippen molar-refractivity contribution in [1.82, 2.24) is 14.9 Å². The number of benzene rings is 1. The summed E-state index contributed by atoms with van der Waals surface area (Å²) in [5.74, 6) is -0.172. The molecule has 132 valence electrons. The van der Waals surface area contributed by atoms with Crippen molar-refractivity contribution in [1.29, 1.82) is 0 Å². The smallest absolute Gasteiger partial charge is 0.262 e. The Morgan fingerprint density at radius 2 is 2.36 bits per heavy atom. The quantitative estimate of drug-likeness (QED) is 0.614. The number of amides is 1. The Bertz CT molecular complexity index is 910. The van der Waals surface area contributed by atoms with Crippen LogP contribution < -0.4 is 10.9 Å². The molecular weight excluding hydrogens is 338 g/mol. The van der Waals surface area contributed by atoms with Gasteiger partial charge < -0.3 is 15.0 Å². The van der Waals surface area contributed by atoms with Gasteiger partial charge in [-0.15, -0.1) is 6.58 Å². The molecule has 0 spiro atoms. The number of ether oxygens (including phenoxy) is 1. The Morgan fingerprint density at radius 1 is 1.52 bits per heavy atom. The van der Waals surface area contributed by atoms with Gasteiger partial charge in [-0.25, -0.2) is 0 Å². The van der Waals surface area contributed by atoms with E-state index in [9.17, 15) is 9.59 Å². The number of aromatic nitrogens is 2. The molecule has 1 saturated heterocycles. The molecule has 2 aromatic rings. The number of H-pyrrole nitrogens is 1. The lowest BCUT2D eigenvalue weighted by atomic mass is 10.1. The third-order valence-corrected chi connectivity index (χ3v) is 4.65. The molecule has 1 aliphatic rings. The molecule has 1 aromatic carbocycles. The summed E-state index contributed by atoms with van der Waals surface area (Å²) in [7, 11) is 0. The van der Waals surface area contributed by atoms with E-state index in [1.54, 1.807) is 24.3 Å². The van der Waals surface area contributed by atoms with E-state index in [0.717, 1.165) is 25.9 Å². The number of carbonyl (C=O) groups excluding carboxylic acids is 1. The Kier molecular flexibility index (Phi) is 5.45. The predicted molar refractivity (Wildman–Crippen MR) is 99.5 cm³/mol. The summed E-state index contributed by atoms with van der Waals surface area (Å²) >= 11 is 5.22. The summed E-state index contributed by atoms with van der Waals surface area (Å²) in [6.45, 7) is 5.35. The molecule has 0 radical (unpaired) electrons. The molecule has 6 nitrogen and oxygen atoms in total. The zero-order valence-electron chi connectivity index (χ0n) is 13.9. The van der Waals surface area contributed by atoms with E-state index < -0.39 is 0 Å². The van der Waals surface area contributed by atoms with E-state index in [4.69, 9.17) is 17.0 Å². The van der Waals surface area contributed by atoms with Crippen LogP contribution in [0.3, 0.4) is 0 Å². The average Bonchev–Trinajstić information content (AvgIpc) is 3.11. The van der Waals surface area contributed by atoms with Crippen molar-refractivity contribution in [3.05, 3.63) is 51.5 Å². The van der Waals surface area contributed by atoms with Crippen LogP contribution in [-0.2, 0) is 11.3 Å².